The van der Waals surface area contributed by atoms with Gasteiger partial charge in [0.2, 0.25) is 0 Å². The molecule has 4 heteroatoms. The van der Waals surface area contributed by atoms with Crippen LogP contribution in [0.4, 0.5) is 0 Å². The van der Waals surface area contributed by atoms with E-state index in [4.69, 9.17) is 11.6 Å². The third-order valence-corrected chi connectivity index (χ3v) is 6.19. The molecular weight excluding hydrogens is 342 g/mol. The third-order valence-electron chi connectivity index (χ3n) is 5.95. The highest BCUT2D eigenvalue weighted by molar-refractivity contribution is 6.31. The van der Waals surface area contributed by atoms with Crippen molar-refractivity contribution in [1.82, 2.24) is 14.5 Å². The van der Waals surface area contributed by atoms with E-state index in [1.54, 1.807) is 0 Å². The number of aromatic nitrogens is 2. The van der Waals surface area contributed by atoms with Crippen molar-refractivity contribution in [1.29, 1.82) is 0 Å². The fraction of sp³-hybridized carbons (Fsp3) is 0.318. The summed E-state index contributed by atoms with van der Waals surface area (Å²) in [6.45, 7) is 4.35. The van der Waals surface area contributed by atoms with Crippen LogP contribution in [-0.2, 0) is 19.4 Å². The molecule has 5 rings (SSSR count). The van der Waals surface area contributed by atoms with Crippen LogP contribution in [0.1, 0.15) is 35.7 Å². The lowest BCUT2D eigenvalue weighted by atomic mass is 10.0. The summed E-state index contributed by atoms with van der Waals surface area (Å²) in [6, 6.07) is 8.51. The SMILES string of the molecule is CC(=C1CCc2cnccc21)n1c2c(c3cc(Cl)ccc31)CCN(C)C2. The van der Waals surface area contributed by atoms with Gasteiger partial charge in [-0.3, -0.25) is 4.98 Å². The maximum absolute atomic E-state index is 6.33. The first-order valence-electron chi connectivity index (χ1n) is 9.27. The second-order valence-electron chi connectivity index (χ2n) is 7.51. The van der Waals surface area contributed by atoms with Gasteiger partial charge in [-0.15, -0.1) is 0 Å². The molecule has 0 bridgehead atoms. The topological polar surface area (TPSA) is 21.1 Å². The molecule has 3 aromatic rings. The van der Waals surface area contributed by atoms with Crippen molar-refractivity contribution in [3.8, 4) is 0 Å². The van der Waals surface area contributed by atoms with E-state index in [1.807, 2.05) is 18.5 Å². The smallest absolute Gasteiger partial charge is 0.0532 e. The first-order valence-corrected chi connectivity index (χ1v) is 9.65. The van der Waals surface area contributed by atoms with Crippen molar-refractivity contribution in [2.24, 2.45) is 0 Å². The van der Waals surface area contributed by atoms with Crippen molar-refractivity contribution in [3.05, 3.63) is 64.1 Å². The Bertz CT molecular complexity index is 1060. The van der Waals surface area contributed by atoms with E-state index in [9.17, 15) is 0 Å². The Hall–Kier alpha value is -2.10. The summed E-state index contributed by atoms with van der Waals surface area (Å²) in [5.41, 5.74) is 9.70. The average Bonchev–Trinajstić information content (AvgIpc) is 3.20. The van der Waals surface area contributed by atoms with Gasteiger partial charge in [0.1, 0.15) is 0 Å². The molecule has 1 aliphatic carbocycles. The Morgan fingerprint density at radius 2 is 2.04 bits per heavy atom. The van der Waals surface area contributed by atoms with Gasteiger partial charge in [0.05, 0.1) is 5.52 Å². The largest absolute Gasteiger partial charge is 0.316 e. The summed E-state index contributed by atoms with van der Waals surface area (Å²) in [4.78, 5) is 6.71. The zero-order chi connectivity index (χ0) is 17.8. The molecule has 0 fully saturated rings. The summed E-state index contributed by atoms with van der Waals surface area (Å²) in [5.74, 6) is 0. The van der Waals surface area contributed by atoms with Gasteiger partial charge in [-0.2, -0.15) is 0 Å². The second-order valence-corrected chi connectivity index (χ2v) is 7.94. The molecule has 1 aromatic carbocycles. The third kappa shape index (κ3) is 2.34. The van der Waals surface area contributed by atoms with E-state index in [0.29, 0.717) is 0 Å². The van der Waals surface area contributed by atoms with Gasteiger partial charge in [0, 0.05) is 47.3 Å². The van der Waals surface area contributed by atoms with Crippen LogP contribution in [0.2, 0.25) is 5.02 Å². The van der Waals surface area contributed by atoms with Crippen LogP contribution < -0.4 is 0 Å². The Kier molecular flexibility index (Phi) is 3.70. The molecule has 0 unspecified atom stereocenters. The lowest BCUT2D eigenvalue weighted by Gasteiger charge is -2.25. The monoisotopic (exact) mass is 363 g/mol. The van der Waals surface area contributed by atoms with Crippen LogP contribution in [0, 0.1) is 0 Å². The number of fused-ring (bicyclic) bond motifs is 4. The number of aryl methyl sites for hydroxylation is 1. The molecule has 0 saturated heterocycles. The quantitative estimate of drug-likeness (QED) is 0.605. The lowest BCUT2D eigenvalue weighted by molar-refractivity contribution is 0.307. The number of halogens is 1. The van der Waals surface area contributed by atoms with Gasteiger partial charge in [-0.05, 0) is 79.8 Å². The van der Waals surface area contributed by atoms with Crippen molar-refractivity contribution < 1.29 is 0 Å². The van der Waals surface area contributed by atoms with Crippen LogP contribution >= 0.6 is 11.6 Å². The Balaban J connectivity index is 1.80. The minimum Gasteiger partial charge on any atom is -0.316 e. The molecule has 3 heterocycles. The number of hydrogen-bond donors (Lipinski definition) is 0. The molecule has 0 atom stereocenters. The van der Waals surface area contributed by atoms with Crippen molar-refractivity contribution in [2.75, 3.05) is 13.6 Å². The molecule has 0 spiro atoms. The predicted octanol–water partition coefficient (Wildman–Crippen LogP) is 5.01. The summed E-state index contributed by atoms with van der Waals surface area (Å²) in [6.07, 6.45) is 7.19. The number of hydrogen-bond acceptors (Lipinski definition) is 2. The van der Waals surface area contributed by atoms with E-state index < -0.39 is 0 Å². The van der Waals surface area contributed by atoms with Gasteiger partial charge >= 0.3 is 0 Å². The molecule has 2 aromatic heterocycles. The molecule has 2 aliphatic rings. The molecule has 0 saturated carbocycles. The maximum Gasteiger partial charge on any atom is 0.0532 e. The summed E-state index contributed by atoms with van der Waals surface area (Å²) in [7, 11) is 2.21. The van der Waals surface area contributed by atoms with Gasteiger partial charge < -0.3 is 9.47 Å². The van der Waals surface area contributed by atoms with Gasteiger partial charge in [-0.1, -0.05) is 11.6 Å². The zero-order valence-electron chi connectivity index (χ0n) is 15.2. The molecule has 0 amide bonds. The highest BCUT2D eigenvalue weighted by Gasteiger charge is 2.26. The van der Waals surface area contributed by atoms with Gasteiger partial charge in [0.25, 0.3) is 0 Å². The Morgan fingerprint density at radius 1 is 1.15 bits per heavy atom. The van der Waals surface area contributed by atoms with E-state index >= 15 is 0 Å². The summed E-state index contributed by atoms with van der Waals surface area (Å²) < 4.78 is 2.49. The number of nitrogens with zero attached hydrogens (tertiary/aromatic N) is 3. The second kappa shape index (κ2) is 5.97. The number of rotatable bonds is 1. The normalized spacial score (nSPS) is 18.9. The van der Waals surface area contributed by atoms with E-state index in [2.05, 4.69) is 46.6 Å². The fourth-order valence-corrected chi connectivity index (χ4v) is 4.84. The standard InChI is InChI=1S/C22H22ClN3/c1-14(17-5-3-15-12-24-9-7-18(15)17)26-21-6-4-16(23)11-20(21)19-8-10-25(2)13-22(19)26/h4,6-7,9,11-12H,3,5,8,10,13H2,1-2H3. The first-order chi connectivity index (χ1) is 12.6. The highest BCUT2D eigenvalue weighted by Crippen LogP contribution is 2.40. The van der Waals surface area contributed by atoms with Crippen LogP contribution in [0.15, 0.2) is 36.7 Å². The van der Waals surface area contributed by atoms with Crippen LogP contribution in [0.25, 0.3) is 22.2 Å². The van der Waals surface area contributed by atoms with Crippen LogP contribution in [0.3, 0.4) is 0 Å². The molecule has 0 N–H and O–H groups in total. The summed E-state index contributed by atoms with van der Waals surface area (Å²) >= 11 is 6.33. The number of benzene rings is 1. The molecule has 1 aliphatic heterocycles. The average molecular weight is 364 g/mol. The number of likely N-dealkylation sites (N-methyl/N-ethyl adjacent to an activating group) is 1. The lowest BCUT2D eigenvalue weighted by Crippen LogP contribution is -2.27. The zero-order valence-corrected chi connectivity index (χ0v) is 16.0. The van der Waals surface area contributed by atoms with Crippen LogP contribution in [0.5, 0.6) is 0 Å². The Morgan fingerprint density at radius 3 is 2.92 bits per heavy atom. The molecule has 26 heavy (non-hydrogen) atoms. The molecule has 0 radical (unpaired) electrons. The predicted molar refractivity (Wildman–Crippen MR) is 108 cm³/mol. The number of allylic oxidation sites excluding steroid dienone is 2. The molecule has 3 nitrogen and oxygen atoms in total. The van der Waals surface area contributed by atoms with Crippen LogP contribution in [-0.4, -0.2) is 28.0 Å². The minimum atomic E-state index is 0.818. The van der Waals surface area contributed by atoms with Crippen molar-refractivity contribution in [3.63, 3.8) is 0 Å². The molecule has 132 valence electrons. The van der Waals surface area contributed by atoms with Crippen molar-refractivity contribution in [2.45, 2.75) is 32.7 Å². The minimum absolute atomic E-state index is 0.818. The highest BCUT2D eigenvalue weighted by atomic mass is 35.5. The Labute approximate surface area is 158 Å². The van der Waals surface area contributed by atoms with E-state index in [1.165, 1.54) is 44.6 Å². The summed E-state index contributed by atoms with van der Waals surface area (Å²) in [5, 5.41) is 2.13. The maximum atomic E-state index is 6.33. The number of pyridine rings is 1. The van der Waals surface area contributed by atoms with E-state index in [0.717, 1.165) is 37.4 Å². The van der Waals surface area contributed by atoms with Gasteiger partial charge in [0.15, 0.2) is 0 Å². The van der Waals surface area contributed by atoms with Crippen molar-refractivity contribution >= 4 is 33.8 Å². The first kappa shape index (κ1) is 16.1. The molecular formula is C22H22ClN3. The van der Waals surface area contributed by atoms with Gasteiger partial charge in [-0.25, -0.2) is 0 Å². The fourth-order valence-electron chi connectivity index (χ4n) is 4.67. The van der Waals surface area contributed by atoms with E-state index in [-0.39, 0.29) is 0 Å².